The number of rotatable bonds is 0. The van der Waals surface area contributed by atoms with Crippen molar-refractivity contribution in [2.45, 2.75) is 13.8 Å². The molecule has 0 heterocycles. The van der Waals surface area contributed by atoms with E-state index in [9.17, 15) is 0 Å². The first-order valence-electron chi connectivity index (χ1n) is 3.28. The van der Waals surface area contributed by atoms with Crippen molar-refractivity contribution >= 4 is 0 Å². The Labute approximate surface area is 61.9 Å². The maximum atomic E-state index is 5.27. The van der Waals surface area contributed by atoms with Gasteiger partial charge in [-0.15, -0.1) is 6.42 Å². The van der Waals surface area contributed by atoms with Crippen LogP contribution in [0.15, 0.2) is 18.2 Å². The van der Waals surface area contributed by atoms with Crippen molar-refractivity contribution in [1.82, 2.24) is 0 Å². The highest BCUT2D eigenvalue weighted by Crippen LogP contribution is 2.10. The van der Waals surface area contributed by atoms with Crippen molar-refractivity contribution in [1.29, 1.82) is 0 Å². The molecule has 0 aliphatic rings. The van der Waals surface area contributed by atoms with Gasteiger partial charge in [0.2, 0.25) is 0 Å². The molecule has 0 aliphatic heterocycles. The van der Waals surface area contributed by atoms with Crippen molar-refractivity contribution < 1.29 is 0 Å². The molecule has 10 heavy (non-hydrogen) atoms. The van der Waals surface area contributed by atoms with Gasteiger partial charge in [0.25, 0.3) is 0 Å². The van der Waals surface area contributed by atoms with E-state index in [1.807, 2.05) is 19.1 Å². The molecule has 0 saturated heterocycles. The fourth-order valence-corrected chi connectivity index (χ4v) is 0.907. The fourth-order valence-electron chi connectivity index (χ4n) is 0.907. The average molecular weight is 130 g/mol. The third-order valence-corrected chi connectivity index (χ3v) is 1.76. The number of hydrogen-bond acceptors (Lipinski definition) is 0. The average Bonchev–Trinajstić information content (AvgIpc) is 1.95. The molecule has 0 atom stereocenters. The molecule has 50 valence electrons. The molecule has 0 N–H and O–H groups in total. The van der Waals surface area contributed by atoms with E-state index in [1.165, 1.54) is 11.1 Å². The highest BCUT2D eigenvalue weighted by molar-refractivity contribution is 5.42. The Hall–Kier alpha value is -1.22. The molecular weight excluding hydrogens is 120 g/mol. The van der Waals surface area contributed by atoms with Crippen LogP contribution in [-0.4, -0.2) is 0 Å². The molecule has 0 fully saturated rings. The molecule has 1 rings (SSSR count). The Morgan fingerprint density at radius 3 is 2.50 bits per heavy atom. The van der Waals surface area contributed by atoms with Crippen LogP contribution >= 0.6 is 0 Å². The quantitative estimate of drug-likeness (QED) is 0.473. The Morgan fingerprint density at radius 1 is 1.30 bits per heavy atom. The van der Waals surface area contributed by atoms with Crippen LogP contribution in [0, 0.1) is 26.2 Å². The zero-order chi connectivity index (χ0) is 7.56. The standard InChI is InChI=1S/C10H10/c1-4-10-7-5-6-8(2)9(10)3/h1,5-7H,2-3H3. The van der Waals surface area contributed by atoms with Gasteiger partial charge in [0.15, 0.2) is 0 Å². The van der Waals surface area contributed by atoms with Crippen molar-refractivity contribution in [3.63, 3.8) is 0 Å². The van der Waals surface area contributed by atoms with Gasteiger partial charge in [-0.3, -0.25) is 0 Å². The Bertz CT molecular complexity index is 277. The molecule has 0 aliphatic carbocycles. The summed E-state index contributed by atoms with van der Waals surface area (Å²) in [5.41, 5.74) is 3.47. The minimum absolute atomic E-state index is 1.00. The third kappa shape index (κ3) is 1.04. The van der Waals surface area contributed by atoms with E-state index in [-0.39, 0.29) is 0 Å². The first-order valence-corrected chi connectivity index (χ1v) is 3.28. The first kappa shape index (κ1) is 6.89. The predicted molar refractivity (Wildman–Crippen MR) is 43.9 cm³/mol. The van der Waals surface area contributed by atoms with Gasteiger partial charge in [-0.2, -0.15) is 0 Å². The van der Waals surface area contributed by atoms with Gasteiger partial charge in [0.1, 0.15) is 0 Å². The van der Waals surface area contributed by atoms with Crippen LogP contribution in [0.1, 0.15) is 16.7 Å². The van der Waals surface area contributed by atoms with E-state index in [4.69, 9.17) is 6.42 Å². The Balaban J connectivity index is 3.31. The molecule has 0 heteroatoms. The van der Waals surface area contributed by atoms with Gasteiger partial charge in [-0.1, -0.05) is 18.1 Å². The Kier molecular flexibility index (Phi) is 1.78. The number of terminal acetylenes is 1. The zero-order valence-corrected chi connectivity index (χ0v) is 6.31. The molecule has 0 aromatic heterocycles. The summed E-state index contributed by atoms with van der Waals surface area (Å²) in [4.78, 5) is 0. The first-order chi connectivity index (χ1) is 4.75. The van der Waals surface area contributed by atoms with Crippen LogP contribution in [0.25, 0.3) is 0 Å². The maximum Gasteiger partial charge on any atom is 0.0274 e. The maximum absolute atomic E-state index is 5.27. The van der Waals surface area contributed by atoms with E-state index in [1.54, 1.807) is 0 Å². The third-order valence-electron chi connectivity index (χ3n) is 1.76. The lowest BCUT2D eigenvalue weighted by atomic mass is 10.0. The van der Waals surface area contributed by atoms with Crippen LogP contribution in [0.3, 0.4) is 0 Å². The minimum Gasteiger partial charge on any atom is -0.115 e. The smallest absolute Gasteiger partial charge is 0.0274 e. The van der Waals surface area contributed by atoms with E-state index in [2.05, 4.69) is 18.9 Å². The lowest BCUT2D eigenvalue weighted by molar-refractivity contribution is 1.32. The van der Waals surface area contributed by atoms with E-state index < -0.39 is 0 Å². The molecule has 0 amide bonds. The topological polar surface area (TPSA) is 0 Å². The highest BCUT2D eigenvalue weighted by Gasteiger charge is 1.94. The summed E-state index contributed by atoms with van der Waals surface area (Å²) in [5.74, 6) is 2.64. The second kappa shape index (κ2) is 2.58. The summed E-state index contributed by atoms with van der Waals surface area (Å²) in [5, 5.41) is 0. The Morgan fingerprint density at radius 2 is 2.00 bits per heavy atom. The van der Waals surface area contributed by atoms with Crippen molar-refractivity contribution in [2.75, 3.05) is 0 Å². The molecule has 1 aromatic carbocycles. The fraction of sp³-hybridized carbons (Fsp3) is 0.200. The summed E-state index contributed by atoms with van der Waals surface area (Å²) in [6, 6.07) is 6.01. The number of hydrogen-bond donors (Lipinski definition) is 0. The largest absolute Gasteiger partial charge is 0.115 e. The summed E-state index contributed by atoms with van der Waals surface area (Å²) in [6.45, 7) is 4.11. The predicted octanol–water partition coefficient (Wildman–Crippen LogP) is 2.28. The normalized spacial score (nSPS) is 8.90. The molecule has 0 radical (unpaired) electrons. The second-order valence-corrected chi connectivity index (χ2v) is 2.39. The minimum atomic E-state index is 1.00. The van der Waals surface area contributed by atoms with Gasteiger partial charge in [-0.25, -0.2) is 0 Å². The van der Waals surface area contributed by atoms with Crippen molar-refractivity contribution in [2.24, 2.45) is 0 Å². The zero-order valence-electron chi connectivity index (χ0n) is 6.31. The number of aryl methyl sites for hydroxylation is 1. The molecule has 0 nitrogen and oxygen atoms in total. The van der Waals surface area contributed by atoms with Crippen LogP contribution in [0.4, 0.5) is 0 Å². The van der Waals surface area contributed by atoms with Crippen molar-refractivity contribution in [3.05, 3.63) is 34.9 Å². The van der Waals surface area contributed by atoms with Crippen LogP contribution in [0.5, 0.6) is 0 Å². The molecule has 0 saturated carbocycles. The molecule has 0 bridgehead atoms. The molecule has 0 spiro atoms. The van der Waals surface area contributed by atoms with Gasteiger partial charge in [0.05, 0.1) is 0 Å². The van der Waals surface area contributed by atoms with E-state index in [0.717, 1.165) is 5.56 Å². The van der Waals surface area contributed by atoms with E-state index >= 15 is 0 Å². The summed E-state index contributed by atoms with van der Waals surface area (Å²) in [7, 11) is 0. The SMILES string of the molecule is C#Cc1cccc(C)c1C. The van der Waals surface area contributed by atoms with Crippen LogP contribution in [0.2, 0.25) is 0 Å². The molecule has 1 aromatic rings. The second-order valence-electron chi connectivity index (χ2n) is 2.39. The lowest BCUT2D eigenvalue weighted by Gasteiger charge is -2.00. The van der Waals surface area contributed by atoms with Gasteiger partial charge in [0, 0.05) is 5.56 Å². The van der Waals surface area contributed by atoms with E-state index in [0.29, 0.717) is 0 Å². The van der Waals surface area contributed by atoms with Gasteiger partial charge >= 0.3 is 0 Å². The molecular formula is C10H10. The van der Waals surface area contributed by atoms with Gasteiger partial charge < -0.3 is 0 Å². The van der Waals surface area contributed by atoms with Crippen LogP contribution in [-0.2, 0) is 0 Å². The monoisotopic (exact) mass is 130 g/mol. The lowest BCUT2D eigenvalue weighted by Crippen LogP contribution is -1.84. The van der Waals surface area contributed by atoms with Crippen LogP contribution < -0.4 is 0 Å². The van der Waals surface area contributed by atoms with Gasteiger partial charge in [-0.05, 0) is 31.0 Å². The summed E-state index contributed by atoms with van der Waals surface area (Å²) >= 11 is 0. The summed E-state index contributed by atoms with van der Waals surface area (Å²) < 4.78 is 0. The summed E-state index contributed by atoms with van der Waals surface area (Å²) in [6.07, 6.45) is 5.27. The highest BCUT2D eigenvalue weighted by atomic mass is 14.0. The molecule has 0 unspecified atom stereocenters. The number of benzene rings is 1. The van der Waals surface area contributed by atoms with Crippen molar-refractivity contribution in [3.8, 4) is 12.3 Å².